The molecule has 0 atom stereocenters. The Kier molecular flexibility index (Phi) is 6.67. The van der Waals surface area contributed by atoms with Crippen molar-refractivity contribution in [1.29, 1.82) is 0 Å². The molecule has 0 saturated heterocycles. The zero-order valence-corrected chi connectivity index (χ0v) is 18.2. The molecule has 162 valence electrons. The molecule has 0 N–H and O–H groups in total. The van der Waals surface area contributed by atoms with Crippen LogP contribution >= 0.6 is 0 Å². The number of esters is 1. The summed E-state index contributed by atoms with van der Waals surface area (Å²) in [7, 11) is -2.63. The van der Waals surface area contributed by atoms with Crippen molar-refractivity contribution in [3.8, 4) is 11.5 Å². The highest BCUT2D eigenvalue weighted by Gasteiger charge is 2.24. The largest absolute Gasteiger partial charge is 0.458 e. The van der Waals surface area contributed by atoms with Crippen LogP contribution in [0.25, 0.3) is 11.5 Å². The van der Waals surface area contributed by atoms with Gasteiger partial charge in [-0.25, -0.2) is 13.4 Å². The van der Waals surface area contributed by atoms with Crippen molar-refractivity contribution in [2.75, 3.05) is 13.6 Å². The predicted octanol–water partition coefficient (Wildman–Crippen LogP) is 3.22. The SMILES string of the molecule is CC(=O)c1ccc(S(=O)(=O)N(C)CC(=O)OCc2nc(-c3ccccc3)oc2C)cc1. The molecule has 2 aromatic carbocycles. The lowest BCUT2D eigenvalue weighted by molar-refractivity contribution is -0.145. The fraction of sp³-hybridized carbons (Fsp3) is 0.227. The Balaban J connectivity index is 1.61. The molecule has 8 nitrogen and oxygen atoms in total. The van der Waals surface area contributed by atoms with Crippen LogP contribution in [-0.4, -0.2) is 43.1 Å². The van der Waals surface area contributed by atoms with Crippen molar-refractivity contribution < 1.29 is 27.2 Å². The number of rotatable bonds is 8. The number of likely N-dealkylation sites (N-methyl/N-ethyl adjacent to an activating group) is 1. The van der Waals surface area contributed by atoms with Crippen molar-refractivity contribution in [1.82, 2.24) is 9.29 Å². The van der Waals surface area contributed by atoms with E-state index in [0.717, 1.165) is 9.87 Å². The molecule has 0 aliphatic heterocycles. The number of benzene rings is 2. The average Bonchev–Trinajstić information content (AvgIpc) is 3.13. The Hall–Kier alpha value is -3.30. The highest BCUT2D eigenvalue weighted by atomic mass is 32.2. The van der Waals surface area contributed by atoms with Gasteiger partial charge in [-0.1, -0.05) is 30.3 Å². The Bertz CT molecular complexity index is 1180. The van der Waals surface area contributed by atoms with Crippen LogP contribution in [0.5, 0.6) is 0 Å². The molecule has 1 aromatic heterocycles. The molecule has 0 unspecified atom stereocenters. The first-order valence-corrected chi connectivity index (χ1v) is 10.9. The van der Waals surface area contributed by atoms with Crippen LogP contribution in [0, 0.1) is 6.92 Å². The summed E-state index contributed by atoms with van der Waals surface area (Å²) in [6, 6.07) is 14.8. The minimum atomic E-state index is -3.91. The van der Waals surface area contributed by atoms with E-state index in [1.807, 2.05) is 30.3 Å². The van der Waals surface area contributed by atoms with Gasteiger partial charge in [0.1, 0.15) is 24.6 Å². The van der Waals surface area contributed by atoms with E-state index >= 15 is 0 Å². The Morgan fingerprint density at radius 3 is 2.32 bits per heavy atom. The minimum absolute atomic E-state index is 0.0207. The number of hydrogen-bond donors (Lipinski definition) is 0. The summed E-state index contributed by atoms with van der Waals surface area (Å²) in [5.74, 6) is 0.0330. The molecule has 0 amide bonds. The second-order valence-corrected chi connectivity index (χ2v) is 8.94. The molecule has 0 fully saturated rings. The maximum absolute atomic E-state index is 12.6. The van der Waals surface area contributed by atoms with Crippen LogP contribution in [0.3, 0.4) is 0 Å². The number of aromatic nitrogens is 1. The zero-order valence-electron chi connectivity index (χ0n) is 17.4. The Morgan fingerprint density at radius 1 is 1.06 bits per heavy atom. The highest BCUT2D eigenvalue weighted by Crippen LogP contribution is 2.22. The number of nitrogens with zero attached hydrogens (tertiary/aromatic N) is 2. The van der Waals surface area contributed by atoms with E-state index < -0.39 is 22.5 Å². The maximum atomic E-state index is 12.6. The van der Waals surface area contributed by atoms with Crippen LogP contribution in [0.1, 0.15) is 28.7 Å². The fourth-order valence-corrected chi connectivity index (χ4v) is 3.88. The molecular weight excluding hydrogens is 420 g/mol. The van der Waals surface area contributed by atoms with Crippen molar-refractivity contribution in [3.05, 3.63) is 71.6 Å². The number of oxazole rings is 1. The summed E-state index contributed by atoms with van der Waals surface area (Å²) < 4.78 is 37.0. The number of ether oxygens (including phenoxy) is 1. The Labute approximate surface area is 180 Å². The number of ketones is 1. The smallest absolute Gasteiger partial charge is 0.321 e. The summed E-state index contributed by atoms with van der Waals surface area (Å²) >= 11 is 0. The number of hydrogen-bond acceptors (Lipinski definition) is 7. The first-order valence-electron chi connectivity index (χ1n) is 9.43. The second kappa shape index (κ2) is 9.23. The van der Waals surface area contributed by atoms with Crippen molar-refractivity contribution in [2.45, 2.75) is 25.3 Å². The molecule has 3 aromatic rings. The normalized spacial score (nSPS) is 11.5. The third kappa shape index (κ3) is 5.25. The number of sulfonamides is 1. The molecule has 9 heteroatoms. The van der Waals surface area contributed by atoms with Crippen LogP contribution in [0.4, 0.5) is 0 Å². The summed E-state index contributed by atoms with van der Waals surface area (Å²) in [5.41, 5.74) is 1.65. The average molecular weight is 442 g/mol. The number of carbonyl (C=O) groups is 2. The van der Waals surface area contributed by atoms with Crippen LogP contribution in [-0.2, 0) is 26.2 Å². The highest BCUT2D eigenvalue weighted by molar-refractivity contribution is 7.89. The van der Waals surface area contributed by atoms with Gasteiger partial charge in [0.2, 0.25) is 15.9 Å². The molecule has 0 saturated carbocycles. The lowest BCUT2D eigenvalue weighted by atomic mass is 10.2. The molecule has 0 aliphatic carbocycles. The molecule has 31 heavy (non-hydrogen) atoms. The molecular formula is C22H22N2O6S. The lowest BCUT2D eigenvalue weighted by Gasteiger charge is -2.16. The van der Waals surface area contributed by atoms with Gasteiger partial charge >= 0.3 is 5.97 Å². The van der Waals surface area contributed by atoms with Crippen LogP contribution in [0.2, 0.25) is 0 Å². The summed E-state index contributed by atoms with van der Waals surface area (Å²) in [6.07, 6.45) is 0. The van der Waals surface area contributed by atoms with E-state index in [-0.39, 0.29) is 17.3 Å². The van der Waals surface area contributed by atoms with Crippen molar-refractivity contribution in [2.24, 2.45) is 0 Å². The molecule has 3 rings (SSSR count). The number of Topliss-reactive ketones (excluding diaryl/α,β-unsaturated/α-hetero) is 1. The van der Waals surface area contributed by atoms with Gasteiger partial charge in [-0.15, -0.1) is 0 Å². The molecule has 1 heterocycles. The van der Waals surface area contributed by atoms with Crippen molar-refractivity contribution >= 4 is 21.8 Å². The molecule has 0 spiro atoms. The van der Waals surface area contributed by atoms with Gasteiger partial charge in [0.05, 0.1) is 4.90 Å². The van der Waals surface area contributed by atoms with E-state index in [9.17, 15) is 18.0 Å². The van der Waals surface area contributed by atoms with E-state index in [1.54, 1.807) is 6.92 Å². The summed E-state index contributed by atoms with van der Waals surface area (Å²) in [6.45, 7) is 2.50. The summed E-state index contributed by atoms with van der Waals surface area (Å²) in [4.78, 5) is 27.9. The van der Waals surface area contributed by atoms with E-state index in [4.69, 9.17) is 9.15 Å². The number of carbonyl (C=O) groups excluding carboxylic acids is 2. The van der Waals surface area contributed by atoms with E-state index in [2.05, 4.69) is 4.98 Å². The van der Waals surface area contributed by atoms with Gasteiger partial charge in [0, 0.05) is 18.2 Å². The number of aryl methyl sites for hydroxylation is 1. The van der Waals surface area contributed by atoms with Crippen LogP contribution in [0.15, 0.2) is 63.9 Å². The van der Waals surface area contributed by atoms with Gasteiger partial charge in [0.15, 0.2) is 5.78 Å². The molecule has 0 radical (unpaired) electrons. The van der Waals surface area contributed by atoms with Gasteiger partial charge in [-0.05, 0) is 38.1 Å². The monoisotopic (exact) mass is 442 g/mol. The van der Waals surface area contributed by atoms with Crippen LogP contribution < -0.4 is 0 Å². The van der Waals surface area contributed by atoms with E-state index in [1.165, 1.54) is 38.2 Å². The quantitative estimate of drug-likeness (QED) is 0.389. The van der Waals surface area contributed by atoms with E-state index in [0.29, 0.717) is 22.9 Å². The zero-order chi connectivity index (χ0) is 22.6. The maximum Gasteiger partial charge on any atom is 0.321 e. The lowest BCUT2D eigenvalue weighted by Crippen LogP contribution is -2.33. The molecule has 0 aliphatic rings. The summed E-state index contributed by atoms with van der Waals surface area (Å²) in [5, 5.41) is 0. The van der Waals surface area contributed by atoms with Gasteiger partial charge in [0.25, 0.3) is 0 Å². The second-order valence-electron chi connectivity index (χ2n) is 6.89. The minimum Gasteiger partial charge on any atom is -0.458 e. The Morgan fingerprint density at radius 2 is 1.71 bits per heavy atom. The van der Waals surface area contributed by atoms with Gasteiger partial charge in [-0.3, -0.25) is 9.59 Å². The standard InChI is InChI=1S/C22H22N2O6S/c1-15(25)17-9-11-19(12-10-17)31(27,28)24(3)13-21(26)29-14-20-16(2)30-22(23-20)18-7-5-4-6-8-18/h4-12H,13-14H2,1-3H3. The third-order valence-corrected chi connectivity index (χ3v) is 6.42. The topological polar surface area (TPSA) is 107 Å². The fourth-order valence-electron chi connectivity index (χ4n) is 2.77. The van der Waals surface area contributed by atoms with Crippen molar-refractivity contribution in [3.63, 3.8) is 0 Å². The first-order chi connectivity index (χ1) is 14.7. The van der Waals surface area contributed by atoms with Gasteiger partial charge < -0.3 is 9.15 Å². The third-order valence-electron chi connectivity index (χ3n) is 4.60. The molecule has 0 bridgehead atoms. The van der Waals surface area contributed by atoms with Gasteiger partial charge in [-0.2, -0.15) is 4.31 Å². The predicted molar refractivity (Wildman–Crippen MR) is 113 cm³/mol. The first kappa shape index (κ1) is 22.4.